The van der Waals surface area contributed by atoms with Crippen molar-refractivity contribution in [3.05, 3.63) is 24.0 Å². The number of ether oxygens (including phenoxy) is 1. The Morgan fingerprint density at radius 1 is 1.42 bits per heavy atom. The fourth-order valence-corrected chi connectivity index (χ4v) is 4.47. The highest BCUT2D eigenvalue weighted by Crippen LogP contribution is 2.45. The van der Waals surface area contributed by atoms with E-state index in [1.807, 2.05) is 11.0 Å². The van der Waals surface area contributed by atoms with Crippen molar-refractivity contribution >= 4 is 11.6 Å². The summed E-state index contributed by atoms with van der Waals surface area (Å²) in [5.74, 6) is 0.488. The van der Waals surface area contributed by atoms with Crippen molar-refractivity contribution in [3.63, 3.8) is 0 Å². The molecule has 0 saturated carbocycles. The second kappa shape index (κ2) is 6.06. The Kier molecular flexibility index (Phi) is 3.89. The number of amides is 1. The summed E-state index contributed by atoms with van der Waals surface area (Å²) in [5, 5.41) is 9.37. The summed E-state index contributed by atoms with van der Waals surface area (Å²) in [4.78, 5) is 21.6. The fraction of sp³-hybridized carbons (Fsp3) is 0.611. The van der Waals surface area contributed by atoms with Gasteiger partial charge in [0.05, 0.1) is 23.3 Å². The minimum atomic E-state index is -0.363. The van der Waals surface area contributed by atoms with Gasteiger partial charge < -0.3 is 14.5 Å². The number of likely N-dealkylation sites (tertiary alicyclic amines) is 1. The van der Waals surface area contributed by atoms with E-state index in [1.54, 1.807) is 12.4 Å². The summed E-state index contributed by atoms with van der Waals surface area (Å²) >= 11 is 0. The van der Waals surface area contributed by atoms with E-state index in [4.69, 9.17) is 4.74 Å². The highest BCUT2D eigenvalue weighted by atomic mass is 16.5. The van der Waals surface area contributed by atoms with Gasteiger partial charge in [-0.1, -0.05) is 0 Å². The summed E-state index contributed by atoms with van der Waals surface area (Å²) in [6.07, 6.45) is 6.30. The van der Waals surface area contributed by atoms with Gasteiger partial charge in [0.15, 0.2) is 0 Å². The largest absolute Gasteiger partial charge is 0.381 e. The number of aromatic nitrogens is 1. The van der Waals surface area contributed by atoms with Crippen LogP contribution in [0.25, 0.3) is 0 Å². The number of hydrogen-bond acceptors (Lipinski definition) is 5. The Labute approximate surface area is 142 Å². The maximum atomic E-state index is 13.3. The first-order valence-electron chi connectivity index (χ1n) is 8.71. The van der Waals surface area contributed by atoms with Crippen LogP contribution in [0.3, 0.4) is 0 Å². The Balaban J connectivity index is 1.66. The third-order valence-corrected chi connectivity index (χ3v) is 5.79. The van der Waals surface area contributed by atoms with Crippen molar-refractivity contribution in [2.24, 2.45) is 11.3 Å². The van der Waals surface area contributed by atoms with Crippen molar-refractivity contribution < 1.29 is 9.53 Å². The highest BCUT2D eigenvalue weighted by Gasteiger charge is 2.55. The number of nitrogens with zero attached hydrogens (tertiary/aromatic N) is 4. The van der Waals surface area contributed by atoms with Gasteiger partial charge in [0.25, 0.3) is 0 Å². The molecule has 0 aromatic carbocycles. The van der Waals surface area contributed by atoms with Gasteiger partial charge in [0.2, 0.25) is 5.91 Å². The lowest BCUT2D eigenvalue weighted by molar-refractivity contribution is -0.149. The average Bonchev–Trinajstić information content (AvgIpc) is 3.29. The van der Waals surface area contributed by atoms with Gasteiger partial charge in [-0.2, -0.15) is 5.26 Å². The fourth-order valence-electron chi connectivity index (χ4n) is 4.47. The summed E-state index contributed by atoms with van der Waals surface area (Å²) in [5.41, 5.74) is 1.09. The molecule has 6 nitrogen and oxygen atoms in total. The van der Waals surface area contributed by atoms with Crippen LogP contribution in [0.15, 0.2) is 18.5 Å². The Hall–Kier alpha value is -2.13. The van der Waals surface area contributed by atoms with Crippen molar-refractivity contribution in [2.75, 3.05) is 44.3 Å². The lowest BCUT2D eigenvalue weighted by Gasteiger charge is -2.39. The van der Waals surface area contributed by atoms with Gasteiger partial charge in [-0.25, -0.2) is 0 Å². The van der Waals surface area contributed by atoms with Crippen molar-refractivity contribution in [2.45, 2.75) is 19.3 Å². The van der Waals surface area contributed by atoms with E-state index in [-0.39, 0.29) is 11.3 Å². The molecule has 2 atom stereocenters. The number of carbonyl (C=O) groups is 1. The van der Waals surface area contributed by atoms with Gasteiger partial charge in [-0.15, -0.1) is 0 Å². The maximum absolute atomic E-state index is 13.3. The average molecular weight is 326 g/mol. The molecule has 3 aliphatic heterocycles. The summed E-state index contributed by atoms with van der Waals surface area (Å²) in [7, 11) is 0. The van der Waals surface area contributed by atoms with Crippen LogP contribution in [0.2, 0.25) is 0 Å². The first-order chi connectivity index (χ1) is 11.7. The molecule has 3 saturated heterocycles. The second-order valence-corrected chi connectivity index (χ2v) is 7.06. The Morgan fingerprint density at radius 3 is 3.04 bits per heavy atom. The maximum Gasteiger partial charge on any atom is 0.231 e. The Bertz CT molecular complexity index is 680. The monoisotopic (exact) mass is 326 g/mol. The van der Waals surface area contributed by atoms with Crippen LogP contribution in [0, 0.1) is 22.7 Å². The molecule has 24 heavy (non-hydrogen) atoms. The van der Waals surface area contributed by atoms with E-state index >= 15 is 0 Å². The van der Waals surface area contributed by atoms with E-state index in [2.05, 4.69) is 16.0 Å². The third-order valence-electron chi connectivity index (χ3n) is 5.79. The highest BCUT2D eigenvalue weighted by molar-refractivity contribution is 5.85. The van der Waals surface area contributed by atoms with Gasteiger partial charge in [0, 0.05) is 51.1 Å². The minimum Gasteiger partial charge on any atom is -0.381 e. The van der Waals surface area contributed by atoms with Crippen LogP contribution in [0.5, 0.6) is 0 Å². The third kappa shape index (κ3) is 2.35. The molecule has 0 bridgehead atoms. The topological polar surface area (TPSA) is 69.5 Å². The number of nitriles is 1. The van der Waals surface area contributed by atoms with Crippen LogP contribution >= 0.6 is 0 Å². The molecule has 3 aliphatic rings. The Morgan fingerprint density at radius 2 is 2.25 bits per heavy atom. The standard InChI is InChI=1S/C18H22N4O2/c19-9-14-10-20-5-3-16(14)22-11-15-12-24-8-4-18(15,13-22)17(23)21-6-1-2-7-21/h3,5,10,15H,1-2,4,6-8,11-13H2. The normalized spacial score (nSPS) is 29.4. The molecule has 1 aromatic rings. The molecule has 6 heteroatoms. The van der Waals surface area contributed by atoms with E-state index in [0.29, 0.717) is 31.2 Å². The first-order valence-corrected chi connectivity index (χ1v) is 8.71. The molecule has 3 fully saturated rings. The van der Waals surface area contributed by atoms with E-state index in [9.17, 15) is 10.1 Å². The number of carbonyl (C=O) groups excluding carboxylic acids is 1. The number of pyridine rings is 1. The van der Waals surface area contributed by atoms with Crippen LogP contribution in [0.4, 0.5) is 5.69 Å². The van der Waals surface area contributed by atoms with Gasteiger partial charge in [0.1, 0.15) is 6.07 Å². The second-order valence-electron chi connectivity index (χ2n) is 7.06. The molecule has 0 radical (unpaired) electrons. The zero-order valence-corrected chi connectivity index (χ0v) is 13.8. The predicted molar refractivity (Wildman–Crippen MR) is 88.3 cm³/mol. The molecule has 1 aromatic heterocycles. The van der Waals surface area contributed by atoms with Crippen LogP contribution in [0.1, 0.15) is 24.8 Å². The van der Waals surface area contributed by atoms with Crippen LogP contribution < -0.4 is 4.90 Å². The molecule has 4 heterocycles. The predicted octanol–water partition coefficient (Wildman–Crippen LogP) is 1.42. The molecular weight excluding hydrogens is 304 g/mol. The minimum absolute atomic E-state index is 0.194. The van der Waals surface area contributed by atoms with Gasteiger partial charge in [-0.3, -0.25) is 9.78 Å². The van der Waals surface area contributed by atoms with Gasteiger partial charge in [-0.05, 0) is 25.3 Å². The van der Waals surface area contributed by atoms with Crippen LogP contribution in [-0.2, 0) is 9.53 Å². The molecule has 0 N–H and O–H groups in total. The molecule has 126 valence electrons. The lowest BCUT2D eigenvalue weighted by Crippen LogP contribution is -2.51. The van der Waals surface area contributed by atoms with Gasteiger partial charge >= 0.3 is 0 Å². The molecule has 2 unspecified atom stereocenters. The van der Waals surface area contributed by atoms with Crippen molar-refractivity contribution in [1.29, 1.82) is 5.26 Å². The first kappa shape index (κ1) is 15.4. The summed E-state index contributed by atoms with van der Waals surface area (Å²) < 4.78 is 5.69. The number of anilines is 1. The van der Waals surface area contributed by atoms with E-state index in [1.165, 1.54) is 0 Å². The number of rotatable bonds is 2. The van der Waals surface area contributed by atoms with Crippen molar-refractivity contribution in [1.82, 2.24) is 9.88 Å². The SMILES string of the molecule is N#Cc1cnccc1N1CC2COCCC2(C(=O)N2CCCC2)C1. The molecule has 4 rings (SSSR count). The van der Waals surface area contributed by atoms with E-state index < -0.39 is 0 Å². The zero-order valence-electron chi connectivity index (χ0n) is 13.8. The molecule has 0 spiro atoms. The molecule has 0 aliphatic carbocycles. The van der Waals surface area contributed by atoms with Crippen LogP contribution in [-0.4, -0.2) is 55.2 Å². The summed E-state index contributed by atoms with van der Waals surface area (Å²) in [6.45, 7) is 4.47. The quantitative estimate of drug-likeness (QED) is 0.822. The molecule has 1 amide bonds. The van der Waals surface area contributed by atoms with Crippen molar-refractivity contribution in [3.8, 4) is 6.07 Å². The lowest BCUT2D eigenvalue weighted by atomic mass is 9.73. The zero-order chi connectivity index (χ0) is 16.6. The number of fused-ring (bicyclic) bond motifs is 1. The molecular formula is C18H22N4O2. The smallest absolute Gasteiger partial charge is 0.231 e. The number of hydrogen-bond donors (Lipinski definition) is 0. The summed E-state index contributed by atoms with van der Waals surface area (Å²) in [6, 6.07) is 4.10. The van der Waals surface area contributed by atoms with E-state index in [0.717, 1.165) is 44.6 Å².